The van der Waals surface area contributed by atoms with Gasteiger partial charge in [0, 0.05) is 16.7 Å². The summed E-state index contributed by atoms with van der Waals surface area (Å²) in [6, 6.07) is -1.10. The van der Waals surface area contributed by atoms with Gasteiger partial charge in [0.1, 0.15) is 11.6 Å². The molecule has 0 fully saturated rings. The highest BCUT2D eigenvalue weighted by Gasteiger charge is 2.26. The van der Waals surface area contributed by atoms with Gasteiger partial charge < -0.3 is 15.2 Å². The number of amides is 1. The first kappa shape index (κ1) is 19.8. The van der Waals surface area contributed by atoms with Crippen molar-refractivity contribution in [3.63, 3.8) is 0 Å². The van der Waals surface area contributed by atoms with Crippen LogP contribution in [0.4, 0.5) is 4.79 Å². The number of nitrogens with zero attached hydrogens (tertiary/aromatic N) is 3. The highest BCUT2D eigenvalue weighted by atomic mass is 33.1. The Morgan fingerprint density at radius 3 is 2.52 bits per heavy atom. The minimum Gasteiger partial charge on any atom is -0.480 e. The number of nitrogens with one attached hydrogen (secondary N) is 1. The van der Waals surface area contributed by atoms with Crippen LogP contribution in [0, 0.1) is 0 Å². The fraction of sp³-hybridized carbons (Fsp3) is 0.818. The van der Waals surface area contributed by atoms with Crippen molar-refractivity contribution in [3.05, 3.63) is 10.4 Å². The van der Waals surface area contributed by atoms with Crippen LogP contribution in [0.25, 0.3) is 10.4 Å². The molecule has 0 spiro atoms. The fourth-order valence-electron chi connectivity index (χ4n) is 1.34. The Bertz CT molecular complexity index is 408. The second-order valence-corrected chi connectivity index (χ2v) is 7.84. The Morgan fingerprint density at radius 2 is 2.10 bits per heavy atom. The van der Waals surface area contributed by atoms with Crippen molar-refractivity contribution in [2.45, 2.75) is 44.1 Å². The summed E-state index contributed by atoms with van der Waals surface area (Å²) in [4.78, 5) is 25.5. The topological polar surface area (TPSA) is 124 Å². The lowest BCUT2D eigenvalue weighted by atomic mass is 10.1. The van der Waals surface area contributed by atoms with Crippen molar-refractivity contribution in [3.8, 4) is 0 Å². The van der Waals surface area contributed by atoms with Gasteiger partial charge in [-0.25, -0.2) is 9.59 Å². The number of ether oxygens (including phenoxy) is 1. The SMILES string of the molecule is CSSC(CN=[N+]=[N-])CC(NC(=O)OC(C)(C)C)C(=O)O. The summed E-state index contributed by atoms with van der Waals surface area (Å²) in [6.45, 7) is 5.23. The van der Waals surface area contributed by atoms with Gasteiger partial charge in [-0.2, -0.15) is 0 Å². The molecule has 120 valence electrons. The van der Waals surface area contributed by atoms with Crippen molar-refractivity contribution >= 4 is 33.7 Å². The van der Waals surface area contributed by atoms with Gasteiger partial charge in [-0.1, -0.05) is 26.7 Å². The van der Waals surface area contributed by atoms with Gasteiger partial charge in [-0.15, -0.1) is 0 Å². The lowest BCUT2D eigenvalue weighted by molar-refractivity contribution is -0.139. The van der Waals surface area contributed by atoms with Gasteiger partial charge in [-0.05, 0) is 39.0 Å². The van der Waals surface area contributed by atoms with Crippen LogP contribution in [-0.4, -0.2) is 46.9 Å². The third kappa shape index (κ3) is 10.2. The van der Waals surface area contributed by atoms with E-state index in [0.717, 1.165) is 0 Å². The van der Waals surface area contributed by atoms with Crippen LogP contribution in [0.15, 0.2) is 5.11 Å². The average molecular weight is 336 g/mol. The lowest BCUT2D eigenvalue weighted by Gasteiger charge is -2.23. The molecule has 0 aromatic carbocycles. The molecule has 0 aliphatic rings. The Hall–Kier alpha value is -1.25. The molecule has 0 rings (SSSR count). The summed E-state index contributed by atoms with van der Waals surface area (Å²) in [5.74, 6) is -1.16. The molecule has 21 heavy (non-hydrogen) atoms. The molecule has 2 atom stereocenters. The van der Waals surface area contributed by atoms with E-state index in [1.807, 2.05) is 6.26 Å². The molecule has 1 amide bonds. The maximum absolute atomic E-state index is 11.6. The standard InChI is InChI=1S/C11H20N4O4S2/c1-11(2,3)19-10(18)14-8(9(16)17)5-7(21-20-4)6-13-15-12/h7-8H,5-6H2,1-4H3,(H,14,18)(H,16,17). The van der Waals surface area contributed by atoms with Crippen molar-refractivity contribution in [1.82, 2.24) is 5.32 Å². The van der Waals surface area contributed by atoms with Crippen molar-refractivity contribution in [2.24, 2.45) is 5.11 Å². The van der Waals surface area contributed by atoms with Crippen LogP contribution in [0.2, 0.25) is 0 Å². The van der Waals surface area contributed by atoms with Gasteiger partial charge in [0.05, 0.1) is 0 Å². The molecule has 2 unspecified atom stereocenters. The van der Waals surface area contributed by atoms with Crippen LogP contribution in [0.5, 0.6) is 0 Å². The summed E-state index contributed by atoms with van der Waals surface area (Å²) in [5, 5.41) is 14.7. The number of carbonyl (C=O) groups is 2. The second kappa shape index (κ2) is 9.64. The molecule has 8 nitrogen and oxygen atoms in total. The number of hydrogen-bond acceptors (Lipinski definition) is 6. The fourth-order valence-corrected chi connectivity index (χ4v) is 3.25. The lowest BCUT2D eigenvalue weighted by Crippen LogP contribution is -2.45. The quantitative estimate of drug-likeness (QED) is 0.304. The van der Waals surface area contributed by atoms with E-state index >= 15 is 0 Å². The van der Waals surface area contributed by atoms with Crippen LogP contribution < -0.4 is 5.32 Å². The van der Waals surface area contributed by atoms with Gasteiger partial charge in [0.25, 0.3) is 0 Å². The summed E-state index contributed by atoms with van der Waals surface area (Å²) in [7, 11) is 2.84. The third-order valence-corrected chi connectivity index (χ3v) is 4.27. The number of carboxylic acid groups (broad SMARTS) is 1. The van der Waals surface area contributed by atoms with Crippen LogP contribution >= 0.6 is 21.6 Å². The maximum Gasteiger partial charge on any atom is 0.408 e. The van der Waals surface area contributed by atoms with E-state index in [1.165, 1.54) is 21.6 Å². The molecule has 2 N–H and O–H groups in total. The molecule has 0 saturated carbocycles. The van der Waals surface area contributed by atoms with Crippen molar-refractivity contribution in [1.29, 1.82) is 0 Å². The van der Waals surface area contributed by atoms with Crippen molar-refractivity contribution < 1.29 is 19.4 Å². The van der Waals surface area contributed by atoms with E-state index in [9.17, 15) is 14.7 Å². The average Bonchev–Trinajstić information content (AvgIpc) is 2.32. The molecular weight excluding hydrogens is 316 g/mol. The third-order valence-electron chi connectivity index (χ3n) is 2.07. The van der Waals surface area contributed by atoms with E-state index in [0.29, 0.717) is 0 Å². The molecule has 0 aliphatic heterocycles. The van der Waals surface area contributed by atoms with Crippen LogP contribution in [0.1, 0.15) is 27.2 Å². The van der Waals surface area contributed by atoms with E-state index in [-0.39, 0.29) is 18.2 Å². The van der Waals surface area contributed by atoms with Crippen molar-refractivity contribution in [2.75, 3.05) is 12.8 Å². The predicted molar refractivity (Wildman–Crippen MR) is 84.3 cm³/mol. The van der Waals surface area contributed by atoms with Crippen LogP contribution in [0.3, 0.4) is 0 Å². The minimum atomic E-state index is -1.16. The summed E-state index contributed by atoms with van der Waals surface area (Å²) in [6.07, 6.45) is 1.19. The number of rotatable bonds is 8. The molecule has 0 saturated heterocycles. The number of hydrogen-bond donors (Lipinski definition) is 2. The number of aliphatic carboxylic acids is 1. The first-order valence-electron chi connectivity index (χ1n) is 6.12. The Kier molecular flexibility index (Phi) is 9.07. The van der Waals surface area contributed by atoms with E-state index in [2.05, 4.69) is 15.3 Å². The van der Waals surface area contributed by atoms with E-state index in [4.69, 9.17) is 10.3 Å². The Morgan fingerprint density at radius 1 is 1.48 bits per heavy atom. The largest absolute Gasteiger partial charge is 0.480 e. The summed E-state index contributed by atoms with van der Waals surface area (Å²) < 4.78 is 5.03. The number of carbonyl (C=O) groups excluding carboxylic acids is 1. The second-order valence-electron chi connectivity index (χ2n) is 5.07. The Balaban J connectivity index is 4.69. The van der Waals surface area contributed by atoms with E-state index in [1.54, 1.807) is 20.8 Å². The van der Waals surface area contributed by atoms with Gasteiger partial charge >= 0.3 is 12.1 Å². The zero-order valence-electron chi connectivity index (χ0n) is 12.4. The molecular formula is C11H20N4O4S2. The van der Waals surface area contributed by atoms with Gasteiger partial charge in [0.2, 0.25) is 0 Å². The zero-order chi connectivity index (χ0) is 16.5. The Labute approximate surface area is 131 Å². The summed E-state index contributed by atoms with van der Waals surface area (Å²) in [5.41, 5.74) is 7.63. The first-order chi connectivity index (χ1) is 9.69. The monoisotopic (exact) mass is 336 g/mol. The molecule has 0 bridgehead atoms. The first-order valence-corrected chi connectivity index (χ1v) is 8.74. The molecule has 0 radical (unpaired) electrons. The van der Waals surface area contributed by atoms with Gasteiger partial charge in [0.15, 0.2) is 0 Å². The number of azide groups is 1. The van der Waals surface area contributed by atoms with Gasteiger partial charge in [-0.3, -0.25) is 0 Å². The molecule has 10 heteroatoms. The molecule has 0 heterocycles. The highest BCUT2D eigenvalue weighted by Crippen LogP contribution is 2.27. The zero-order valence-corrected chi connectivity index (χ0v) is 14.0. The smallest absolute Gasteiger partial charge is 0.408 e. The van der Waals surface area contributed by atoms with E-state index < -0.39 is 23.7 Å². The predicted octanol–water partition coefficient (Wildman–Crippen LogP) is 3.04. The van der Waals surface area contributed by atoms with Crippen LogP contribution in [-0.2, 0) is 9.53 Å². The number of alkyl carbamates (subject to hydrolysis) is 1. The minimum absolute atomic E-state index is 0.138. The molecule has 0 aromatic rings. The maximum atomic E-state index is 11.6. The molecule has 0 aliphatic carbocycles. The normalized spacial score (nSPS) is 13.7. The number of carboxylic acids is 1. The highest BCUT2D eigenvalue weighted by molar-refractivity contribution is 8.76. The summed E-state index contributed by atoms with van der Waals surface area (Å²) >= 11 is 0. The molecule has 0 aromatic heterocycles.